The molecule has 5 aliphatic carbocycles. The molecular formula is C80H16. The predicted molar refractivity (Wildman–Crippen MR) is 339 cm³/mol. The van der Waals surface area contributed by atoms with Crippen LogP contribution in [0.2, 0.25) is 0 Å². The first-order valence-corrected chi connectivity index (χ1v) is 29.9. The van der Waals surface area contributed by atoms with Gasteiger partial charge in [0.15, 0.2) is 0 Å². The fourth-order valence-corrected chi connectivity index (χ4v) is 27.6. The molecule has 0 N–H and O–H groups in total. The maximum Gasteiger partial charge on any atom is 0.0410 e. The second-order valence-electron chi connectivity index (χ2n) is 28.8. The van der Waals surface area contributed by atoms with E-state index >= 15 is 0 Å². The largest absolute Gasteiger partial charge is 0.0622 e. The lowest BCUT2D eigenvalue weighted by Crippen LogP contribution is -2.57. The molecule has 0 amide bonds. The van der Waals surface area contributed by atoms with Crippen LogP contribution in [-0.4, -0.2) is 0 Å². The summed E-state index contributed by atoms with van der Waals surface area (Å²) in [5.74, 6) is 0. The minimum atomic E-state index is -0.315. The highest BCUT2D eigenvalue weighted by Gasteiger charge is 2.71. The van der Waals surface area contributed by atoms with Gasteiger partial charge in [0.2, 0.25) is 0 Å². The van der Waals surface area contributed by atoms with Crippen LogP contribution in [0.25, 0.3) is 313 Å². The topological polar surface area (TPSA) is 0 Å². The molecule has 0 atom stereocenters. The Balaban J connectivity index is 1.03. The second kappa shape index (κ2) is 7.41. The molecule has 36 rings (SSSR count). The quantitative estimate of drug-likeness (QED) is 0.151. The summed E-state index contributed by atoms with van der Waals surface area (Å²) in [6.07, 6.45) is 2.03. The van der Waals surface area contributed by atoms with Crippen molar-refractivity contribution in [2.45, 2.75) is 23.7 Å². The average Bonchev–Trinajstić information content (AvgIpc) is 1.44. The summed E-state index contributed by atoms with van der Waals surface area (Å²) in [4.78, 5) is 0. The van der Waals surface area contributed by atoms with Crippen molar-refractivity contribution in [3.8, 4) is 22.3 Å². The summed E-state index contributed by atoms with van der Waals surface area (Å²) in [5, 5.41) is 90.3. The summed E-state index contributed by atoms with van der Waals surface area (Å²) in [5.41, 5.74) is 15.3. The second-order valence-corrected chi connectivity index (χ2v) is 28.8. The van der Waals surface area contributed by atoms with Crippen LogP contribution in [-0.2, 0) is 23.7 Å². The van der Waals surface area contributed by atoms with Crippen LogP contribution in [0, 0.1) is 0 Å². The van der Waals surface area contributed by atoms with Gasteiger partial charge in [-0.05, 0) is 359 Å². The molecule has 0 saturated carbocycles. The van der Waals surface area contributed by atoms with Crippen molar-refractivity contribution >= 4 is 291 Å². The van der Waals surface area contributed by atoms with Crippen molar-refractivity contribution < 1.29 is 0 Å². The monoisotopic (exact) mass is 976 g/mol. The summed E-state index contributed by atoms with van der Waals surface area (Å²) < 4.78 is 0. The minimum absolute atomic E-state index is 0.315. The molecule has 0 saturated heterocycles. The summed E-state index contributed by atoms with van der Waals surface area (Å²) in [6.45, 7) is 0. The van der Waals surface area contributed by atoms with Crippen LogP contribution < -0.4 is 0 Å². The van der Waals surface area contributed by atoms with Crippen LogP contribution >= 0.6 is 0 Å². The molecule has 0 aliphatic heterocycles. The summed E-state index contributed by atoms with van der Waals surface area (Å²) >= 11 is 0. The maximum absolute atomic E-state index is 2.57. The van der Waals surface area contributed by atoms with Gasteiger partial charge < -0.3 is 0 Å². The SMILES string of the molecule is c1ccc(-c2ccc(-c3ccccc3)c3c2CC24c5c6c7c8c9c%10c(c%11c%12c2c2c5c5c%13c6c6c7c7c9c9c%14c%10c%10c%11c%11c%12c%12c2c2c5c5c%13c%13c6c6c7c9c7c9c%14c%10c%10c%11c%11c%12c2c2c5c5c%13c6c7c6c9c%10c%11c2c56)C84C3)cc1. The van der Waals surface area contributed by atoms with Crippen molar-refractivity contribution in [1.82, 2.24) is 0 Å². The van der Waals surface area contributed by atoms with Crippen LogP contribution in [0.3, 0.4) is 0 Å². The lowest BCUT2D eigenvalue weighted by Gasteiger charge is -2.58. The van der Waals surface area contributed by atoms with Gasteiger partial charge in [-0.15, -0.1) is 0 Å². The zero-order chi connectivity index (χ0) is 47.8. The highest BCUT2D eigenvalue weighted by atomic mass is 14.7. The third-order valence-corrected chi connectivity index (χ3v) is 28.2. The van der Waals surface area contributed by atoms with Crippen molar-refractivity contribution in [1.29, 1.82) is 0 Å². The van der Waals surface area contributed by atoms with E-state index in [1.165, 1.54) is 22.3 Å². The van der Waals surface area contributed by atoms with E-state index in [9.17, 15) is 0 Å². The van der Waals surface area contributed by atoms with Crippen molar-refractivity contribution in [3.05, 3.63) is 106 Å². The van der Waals surface area contributed by atoms with Gasteiger partial charge in [-0.1, -0.05) is 72.8 Å². The molecule has 0 aromatic heterocycles. The van der Waals surface area contributed by atoms with Crippen molar-refractivity contribution in [3.63, 3.8) is 0 Å². The Kier molecular flexibility index (Phi) is 2.86. The van der Waals surface area contributed by atoms with E-state index in [-0.39, 0.29) is 10.8 Å². The van der Waals surface area contributed by atoms with E-state index in [2.05, 4.69) is 72.8 Å². The lowest BCUT2D eigenvalue weighted by atomic mass is 9.43. The number of fused-ring (bicyclic) bond motifs is 1. The van der Waals surface area contributed by atoms with Crippen LogP contribution in [0.1, 0.15) is 33.4 Å². The highest BCUT2D eigenvalue weighted by Crippen LogP contribution is 2.86. The minimum Gasteiger partial charge on any atom is -0.0622 e. The molecule has 0 bridgehead atoms. The third-order valence-electron chi connectivity index (χ3n) is 28.2. The molecule has 5 aliphatic rings. The Hall–Kier alpha value is -9.88. The first kappa shape index (κ1) is 30.9. The molecule has 80 heavy (non-hydrogen) atoms. The molecule has 0 unspecified atom stereocenters. The van der Waals surface area contributed by atoms with Gasteiger partial charge in [0.25, 0.3) is 0 Å². The maximum atomic E-state index is 2.57. The van der Waals surface area contributed by atoms with Gasteiger partial charge in [-0.2, -0.15) is 0 Å². The van der Waals surface area contributed by atoms with Gasteiger partial charge >= 0.3 is 0 Å². The van der Waals surface area contributed by atoms with Crippen molar-refractivity contribution in [2.24, 2.45) is 0 Å². The average molecular weight is 977 g/mol. The van der Waals surface area contributed by atoms with Gasteiger partial charge in [-0.25, -0.2) is 0 Å². The Morgan fingerprint density at radius 3 is 0.475 bits per heavy atom. The molecule has 0 radical (unpaired) electrons. The van der Waals surface area contributed by atoms with E-state index in [0.717, 1.165) is 12.8 Å². The Bertz CT molecular complexity index is 7520. The molecule has 2 spiro atoms. The van der Waals surface area contributed by atoms with Gasteiger partial charge in [0, 0.05) is 10.8 Å². The standard InChI is InChI=1S/C80H16/c1-3-7-15(8-4-1)17-11-12-18(16-9-5-2-6-10-16)20-14-80-77-69-61-51-41-33-25-22-21-23-27-29(25)37-43-35(27)45-39-31(23)32-24(21)28-30-26(22)34(33)42-48-38(30)44-36(28)46-40(32)50-49(39)59-53(45)63-57(43)65(55(61)47(37)41)73(77)71(63)75-67(59)68-60(50)54(46)64-58(44)66-56(48)62(52(42)51)70(69)78(80)74(66)72(64)76(68)79(75,80)13-19(17)20/h1-12H,13-14H2. The van der Waals surface area contributed by atoms with Gasteiger partial charge in [0.1, 0.15) is 0 Å². The first-order valence-electron chi connectivity index (χ1n) is 29.9. The van der Waals surface area contributed by atoms with Gasteiger partial charge in [-0.3, -0.25) is 0 Å². The molecule has 0 heteroatoms. The molecule has 336 valence electrons. The lowest BCUT2D eigenvalue weighted by molar-refractivity contribution is 0.298. The van der Waals surface area contributed by atoms with E-state index < -0.39 is 0 Å². The zero-order valence-electron chi connectivity index (χ0n) is 41.3. The normalized spacial score (nSPS) is 21.0. The predicted octanol–water partition coefficient (Wildman–Crippen LogP) is 21.4. The highest BCUT2D eigenvalue weighted by molar-refractivity contribution is 6.82. The van der Waals surface area contributed by atoms with E-state index in [1.807, 2.05) is 0 Å². The smallest absolute Gasteiger partial charge is 0.0410 e. The van der Waals surface area contributed by atoms with E-state index in [4.69, 9.17) is 0 Å². The first-order chi connectivity index (χ1) is 39.9. The summed E-state index contributed by atoms with van der Waals surface area (Å²) in [6, 6.07) is 28.5. The third kappa shape index (κ3) is 1.79. The zero-order valence-corrected chi connectivity index (χ0v) is 41.3. The molecule has 31 aromatic carbocycles. The molecule has 0 nitrogen and oxygen atoms in total. The van der Waals surface area contributed by atoms with Crippen LogP contribution in [0.4, 0.5) is 0 Å². The molecular weight excluding hydrogens is 961 g/mol. The number of hydrogen-bond acceptors (Lipinski definition) is 0. The number of benzene rings is 21. The molecule has 31 aromatic rings. The number of rotatable bonds is 2. The van der Waals surface area contributed by atoms with Crippen molar-refractivity contribution in [2.75, 3.05) is 0 Å². The molecule has 0 heterocycles. The Labute approximate surface area is 440 Å². The summed E-state index contributed by atoms with van der Waals surface area (Å²) in [7, 11) is 0. The fraction of sp³-hybridized carbons (Fsp3) is 0.0500. The number of hydrogen-bond donors (Lipinski definition) is 0. The molecule has 0 fully saturated rings. The van der Waals surface area contributed by atoms with Gasteiger partial charge in [0.05, 0.1) is 0 Å². The van der Waals surface area contributed by atoms with E-state index in [0.29, 0.717) is 0 Å². The van der Waals surface area contributed by atoms with Crippen LogP contribution in [0.5, 0.6) is 0 Å². The Morgan fingerprint density at radius 2 is 0.312 bits per heavy atom. The van der Waals surface area contributed by atoms with E-state index in [1.54, 1.807) is 324 Å². The van der Waals surface area contributed by atoms with Crippen LogP contribution in [0.15, 0.2) is 72.8 Å². The Morgan fingerprint density at radius 1 is 0.163 bits per heavy atom. The fourth-order valence-electron chi connectivity index (χ4n) is 27.6.